The molecule has 5 heteroatoms. The average Bonchev–Trinajstić information content (AvgIpc) is 2.29. The van der Waals surface area contributed by atoms with Crippen LogP contribution in [0.4, 0.5) is 5.69 Å². The quantitative estimate of drug-likeness (QED) is 0.751. The first-order chi connectivity index (χ1) is 8.09. The summed E-state index contributed by atoms with van der Waals surface area (Å²) in [4.78, 5) is 14.0. The van der Waals surface area contributed by atoms with Gasteiger partial charge < -0.3 is 10.6 Å². The maximum absolute atomic E-state index is 12.3. The molecule has 1 aromatic carbocycles. The van der Waals surface area contributed by atoms with Crippen molar-refractivity contribution in [3.8, 4) is 0 Å². The van der Waals surface area contributed by atoms with Crippen molar-refractivity contribution in [2.45, 2.75) is 6.92 Å². The molecule has 17 heavy (non-hydrogen) atoms. The standard InChI is InChI=1S/C12H16N2O2S/c1-9-3-2-4-10(13)11(9)12(15)14-5-7-17(16)8-6-14/h2-4H,5-8,13H2,1H3. The Hall–Kier alpha value is -1.36. The molecule has 0 bridgehead atoms. The van der Waals surface area contributed by atoms with E-state index in [1.54, 1.807) is 11.0 Å². The molecule has 0 aliphatic carbocycles. The van der Waals surface area contributed by atoms with Crippen LogP contribution in [0.2, 0.25) is 0 Å². The summed E-state index contributed by atoms with van der Waals surface area (Å²) < 4.78 is 11.3. The lowest BCUT2D eigenvalue weighted by atomic mass is 10.1. The maximum atomic E-state index is 12.3. The van der Waals surface area contributed by atoms with Crippen molar-refractivity contribution in [1.82, 2.24) is 4.90 Å². The van der Waals surface area contributed by atoms with Crippen molar-refractivity contribution in [3.05, 3.63) is 29.3 Å². The first-order valence-electron chi connectivity index (χ1n) is 5.59. The van der Waals surface area contributed by atoms with E-state index in [4.69, 9.17) is 5.73 Å². The SMILES string of the molecule is Cc1cccc(N)c1C(=O)N1CCS(=O)CC1. The third-order valence-corrected chi connectivity index (χ3v) is 4.26. The molecule has 2 N–H and O–H groups in total. The Morgan fingerprint density at radius 2 is 2.00 bits per heavy atom. The Balaban J connectivity index is 2.22. The van der Waals surface area contributed by atoms with Gasteiger partial charge in [-0.1, -0.05) is 12.1 Å². The van der Waals surface area contributed by atoms with E-state index in [0.29, 0.717) is 35.8 Å². The number of hydrogen-bond donors (Lipinski definition) is 1. The zero-order valence-corrected chi connectivity index (χ0v) is 10.6. The van der Waals surface area contributed by atoms with E-state index in [-0.39, 0.29) is 5.91 Å². The van der Waals surface area contributed by atoms with E-state index >= 15 is 0 Å². The van der Waals surface area contributed by atoms with Gasteiger partial charge in [-0.3, -0.25) is 9.00 Å². The molecular formula is C12H16N2O2S. The van der Waals surface area contributed by atoms with Crippen LogP contribution in [-0.2, 0) is 10.8 Å². The van der Waals surface area contributed by atoms with Crippen LogP contribution in [0, 0.1) is 6.92 Å². The Kier molecular flexibility index (Phi) is 3.47. The van der Waals surface area contributed by atoms with Crippen LogP contribution in [0.3, 0.4) is 0 Å². The second kappa shape index (κ2) is 4.87. The van der Waals surface area contributed by atoms with Gasteiger partial charge in [-0.2, -0.15) is 0 Å². The predicted molar refractivity (Wildman–Crippen MR) is 69.4 cm³/mol. The molecule has 92 valence electrons. The summed E-state index contributed by atoms with van der Waals surface area (Å²) >= 11 is 0. The molecule has 4 nitrogen and oxygen atoms in total. The number of benzene rings is 1. The predicted octanol–water partition coefficient (Wildman–Crippen LogP) is 0.782. The fourth-order valence-corrected chi connectivity index (χ4v) is 3.03. The van der Waals surface area contributed by atoms with Crippen molar-refractivity contribution in [2.24, 2.45) is 0 Å². The van der Waals surface area contributed by atoms with Gasteiger partial charge in [0.25, 0.3) is 5.91 Å². The molecule has 1 amide bonds. The van der Waals surface area contributed by atoms with Crippen molar-refractivity contribution in [2.75, 3.05) is 30.3 Å². The lowest BCUT2D eigenvalue weighted by Gasteiger charge is -2.27. The summed E-state index contributed by atoms with van der Waals surface area (Å²) in [6.45, 7) is 2.99. The number of nitrogen functional groups attached to an aromatic ring is 1. The molecule has 1 aliphatic rings. The van der Waals surface area contributed by atoms with Gasteiger partial charge in [-0.05, 0) is 18.6 Å². The van der Waals surface area contributed by atoms with Crippen molar-refractivity contribution >= 4 is 22.4 Å². The molecular weight excluding hydrogens is 236 g/mol. The van der Waals surface area contributed by atoms with Crippen LogP contribution in [-0.4, -0.2) is 39.6 Å². The van der Waals surface area contributed by atoms with Crippen LogP contribution in [0.25, 0.3) is 0 Å². The van der Waals surface area contributed by atoms with E-state index in [9.17, 15) is 9.00 Å². The molecule has 1 aromatic rings. The third kappa shape index (κ3) is 2.49. The fraction of sp³-hybridized carbons (Fsp3) is 0.417. The molecule has 0 unspecified atom stereocenters. The third-order valence-electron chi connectivity index (χ3n) is 2.98. The Labute approximate surface area is 103 Å². The zero-order valence-electron chi connectivity index (χ0n) is 9.81. The van der Waals surface area contributed by atoms with E-state index in [1.807, 2.05) is 19.1 Å². The molecule has 1 fully saturated rings. The van der Waals surface area contributed by atoms with Crippen LogP contribution in [0.1, 0.15) is 15.9 Å². The number of hydrogen-bond acceptors (Lipinski definition) is 3. The molecule has 1 heterocycles. The summed E-state index contributed by atoms with van der Waals surface area (Å²) in [5.41, 5.74) is 7.84. The number of rotatable bonds is 1. The monoisotopic (exact) mass is 252 g/mol. The first kappa shape index (κ1) is 12.1. The highest BCUT2D eigenvalue weighted by Crippen LogP contribution is 2.19. The Morgan fingerprint density at radius 1 is 1.35 bits per heavy atom. The second-order valence-corrected chi connectivity index (χ2v) is 5.88. The van der Waals surface area contributed by atoms with Gasteiger partial charge in [0.2, 0.25) is 0 Å². The van der Waals surface area contributed by atoms with Crippen molar-refractivity contribution < 1.29 is 9.00 Å². The van der Waals surface area contributed by atoms with Gasteiger partial charge in [0, 0.05) is 41.1 Å². The second-order valence-electron chi connectivity index (χ2n) is 4.18. The minimum absolute atomic E-state index is 0.0442. The van der Waals surface area contributed by atoms with Crippen LogP contribution in [0.5, 0.6) is 0 Å². The molecule has 0 radical (unpaired) electrons. The molecule has 0 saturated carbocycles. The summed E-state index contributed by atoms with van der Waals surface area (Å²) in [7, 11) is -0.770. The molecule has 0 atom stereocenters. The minimum Gasteiger partial charge on any atom is -0.398 e. The van der Waals surface area contributed by atoms with Gasteiger partial charge in [0.05, 0.1) is 5.56 Å². The lowest BCUT2D eigenvalue weighted by Crippen LogP contribution is -2.42. The van der Waals surface area contributed by atoms with E-state index in [0.717, 1.165) is 5.56 Å². The summed E-state index contributed by atoms with van der Waals surface area (Å²) in [6, 6.07) is 5.46. The van der Waals surface area contributed by atoms with Gasteiger partial charge in [-0.15, -0.1) is 0 Å². The molecule has 0 aromatic heterocycles. The van der Waals surface area contributed by atoms with Gasteiger partial charge in [0.1, 0.15) is 0 Å². The van der Waals surface area contributed by atoms with E-state index in [1.165, 1.54) is 0 Å². The topological polar surface area (TPSA) is 63.4 Å². The smallest absolute Gasteiger partial charge is 0.256 e. The van der Waals surface area contributed by atoms with E-state index in [2.05, 4.69) is 0 Å². The lowest BCUT2D eigenvalue weighted by molar-refractivity contribution is 0.0771. The first-order valence-corrected chi connectivity index (χ1v) is 7.07. The summed E-state index contributed by atoms with van der Waals surface area (Å²) in [5.74, 6) is 1.09. The number of aryl methyl sites for hydroxylation is 1. The normalized spacial score (nSPS) is 17.1. The van der Waals surface area contributed by atoms with Gasteiger partial charge in [0.15, 0.2) is 0 Å². The molecule has 1 saturated heterocycles. The number of nitrogens with zero attached hydrogens (tertiary/aromatic N) is 1. The number of amides is 1. The molecule has 0 spiro atoms. The van der Waals surface area contributed by atoms with Crippen molar-refractivity contribution in [1.29, 1.82) is 0 Å². The number of carbonyl (C=O) groups excluding carboxylic acids is 1. The summed E-state index contributed by atoms with van der Waals surface area (Å²) in [5, 5.41) is 0. The van der Waals surface area contributed by atoms with Crippen LogP contribution in [0.15, 0.2) is 18.2 Å². The average molecular weight is 252 g/mol. The van der Waals surface area contributed by atoms with Gasteiger partial charge >= 0.3 is 0 Å². The fourth-order valence-electron chi connectivity index (χ4n) is 1.98. The van der Waals surface area contributed by atoms with E-state index < -0.39 is 10.8 Å². The van der Waals surface area contributed by atoms with Crippen LogP contribution < -0.4 is 5.73 Å². The van der Waals surface area contributed by atoms with Crippen molar-refractivity contribution in [3.63, 3.8) is 0 Å². The molecule has 1 aliphatic heterocycles. The number of carbonyl (C=O) groups is 1. The Bertz CT molecular complexity index is 443. The highest BCUT2D eigenvalue weighted by atomic mass is 32.2. The largest absolute Gasteiger partial charge is 0.398 e. The maximum Gasteiger partial charge on any atom is 0.256 e. The summed E-state index contributed by atoms with van der Waals surface area (Å²) in [6.07, 6.45) is 0. The highest BCUT2D eigenvalue weighted by Gasteiger charge is 2.23. The Morgan fingerprint density at radius 3 is 2.59 bits per heavy atom. The highest BCUT2D eigenvalue weighted by molar-refractivity contribution is 7.85. The van der Waals surface area contributed by atoms with Gasteiger partial charge in [-0.25, -0.2) is 0 Å². The number of nitrogens with two attached hydrogens (primary N) is 1. The number of anilines is 1. The zero-order chi connectivity index (χ0) is 12.4. The van der Waals surface area contributed by atoms with Crippen LogP contribution >= 0.6 is 0 Å². The minimum atomic E-state index is -0.770. The molecule has 2 rings (SSSR count).